The number of nitrogens with zero attached hydrogens (tertiary/aromatic N) is 3. The predicted octanol–water partition coefficient (Wildman–Crippen LogP) is 4.70. The number of halogens is 2. The lowest BCUT2D eigenvalue weighted by atomic mass is 10.1. The molecule has 2 amide bonds. The number of nitrogens with one attached hydrogen (secondary N) is 1. The van der Waals surface area contributed by atoms with Crippen LogP contribution in [0.25, 0.3) is 0 Å². The first-order chi connectivity index (χ1) is 17.7. The second kappa shape index (κ2) is 13.3. The van der Waals surface area contributed by atoms with E-state index in [4.69, 9.17) is 23.2 Å². The van der Waals surface area contributed by atoms with E-state index in [1.165, 1.54) is 23.1 Å². The van der Waals surface area contributed by atoms with Gasteiger partial charge < -0.3 is 10.2 Å². The maximum Gasteiger partial charge on any atom is 0.271 e. The molecule has 38 heavy (non-hydrogen) atoms. The average Bonchev–Trinajstić information content (AvgIpc) is 2.83. The molecule has 2 rings (SSSR count). The molecule has 0 radical (unpaired) electrons. The minimum atomic E-state index is -4.05. The number of carbonyl (C=O) groups is 2. The Bertz CT molecular complexity index is 1300. The van der Waals surface area contributed by atoms with E-state index in [1.807, 2.05) is 13.8 Å². The number of anilines is 1. The van der Waals surface area contributed by atoms with Crippen molar-refractivity contribution in [1.82, 2.24) is 10.2 Å². The minimum Gasteiger partial charge on any atom is -0.352 e. The molecule has 0 saturated heterocycles. The summed E-state index contributed by atoms with van der Waals surface area (Å²) in [5, 5.41) is 14.9. The van der Waals surface area contributed by atoms with E-state index in [-0.39, 0.29) is 35.4 Å². The van der Waals surface area contributed by atoms with Crippen LogP contribution in [0, 0.1) is 17.0 Å². The van der Waals surface area contributed by atoms with Crippen molar-refractivity contribution < 1.29 is 22.9 Å². The molecule has 0 heterocycles. The summed E-state index contributed by atoms with van der Waals surface area (Å²) in [6.07, 6.45) is 1.83. The summed E-state index contributed by atoms with van der Waals surface area (Å²) >= 11 is 12.4. The standard InChI is InChI=1S/C25H32Cl2N4O6S/c1-6-17(4)28-25(33)22(7-2)29(14-18-9-10-19(26)12-21(18)27)24(32)15-30(38(5,36)37)23-13-20(31(34)35)11-8-16(23)3/h8-13,17,22H,6-7,14-15H2,1-5H3,(H,28,33)/t17-,22-/m1/s1. The zero-order chi connectivity index (χ0) is 28.8. The molecule has 0 aromatic heterocycles. The van der Waals surface area contributed by atoms with Gasteiger partial charge in [0.05, 0.1) is 16.9 Å². The quantitative estimate of drug-likeness (QED) is 0.283. The van der Waals surface area contributed by atoms with Crippen LogP contribution in [0.15, 0.2) is 36.4 Å². The van der Waals surface area contributed by atoms with Gasteiger partial charge in [0, 0.05) is 34.8 Å². The average molecular weight is 588 g/mol. The van der Waals surface area contributed by atoms with Crippen molar-refractivity contribution in [3.8, 4) is 0 Å². The van der Waals surface area contributed by atoms with E-state index in [1.54, 1.807) is 26.0 Å². The molecule has 0 spiro atoms. The van der Waals surface area contributed by atoms with Gasteiger partial charge in [-0.25, -0.2) is 8.42 Å². The first-order valence-corrected chi connectivity index (χ1v) is 14.6. The third kappa shape index (κ3) is 8.05. The molecule has 0 bridgehead atoms. The van der Waals surface area contributed by atoms with E-state index >= 15 is 0 Å². The van der Waals surface area contributed by atoms with Crippen LogP contribution in [0.4, 0.5) is 11.4 Å². The first kappa shape index (κ1) is 31.3. The maximum absolute atomic E-state index is 13.8. The fourth-order valence-electron chi connectivity index (χ4n) is 3.77. The summed E-state index contributed by atoms with van der Waals surface area (Å²) < 4.78 is 26.4. The summed E-state index contributed by atoms with van der Waals surface area (Å²) in [6, 6.07) is 7.43. The highest BCUT2D eigenvalue weighted by Gasteiger charge is 2.33. The molecular formula is C25H32Cl2N4O6S. The molecule has 0 aliphatic carbocycles. The number of carbonyl (C=O) groups excluding carboxylic acids is 2. The molecule has 1 N–H and O–H groups in total. The Hall–Kier alpha value is -2.89. The Labute approximate surface area is 233 Å². The Morgan fingerprint density at radius 3 is 2.29 bits per heavy atom. The largest absolute Gasteiger partial charge is 0.352 e. The van der Waals surface area contributed by atoms with E-state index < -0.39 is 39.3 Å². The van der Waals surface area contributed by atoms with Crippen molar-refractivity contribution in [2.75, 3.05) is 17.1 Å². The van der Waals surface area contributed by atoms with Crippen molar-refractivity contribution in [3.63, 3.8) is 0 Å². The summed E-state index contributed by atoms with van der Waals surface area (Å²) in [5.41, 5.74) is 0.604. The molecule has 13 heteroatoms. The highest BCUT2D eigenvalue weighted by atomic mass is 35.5. The van der Waals surface area contributed by atoms with E-state index in [9.17, 15) is 28.1 Å². The molecule has 208 valence electrons. The van der Waals surface area contributed by atoms with Crippen LogP contribution in [0.5, 0.6) is 0 Å². The fraction of sp³-hybridized carbons (Fsp3) is 0.440. The molecule has 2 aromatic rings. The lowest BCUT2D eigenvalue weighted by Crippen LogP contribution is -2.53. The molecule has 0 aliphatic rings. The highest BCUT2D eigenvalue weighted by molar-refractivity contribution is 7.92. The normalized spacial score (nSPS) is 12.9. The SMILES string of the molecule is CC[C@@H](C)NC(=O)[C@@H](CC)N(Cc1ccc(Cl)cc1Cl)C(=O)CN(c1cc([N+](=O)[O-])ccc1C)S(C)(=O)=O. The fourth-order valence-corrected chi connectivity index (χ4v) is 5.14. The molecule has 0 saturated carbocycles. The Morgan fingerprint density at radius 2 is 1.76 bits per heavy atom. The monoisotopic (exact) mass is 586 g/mol. The van der Waals surface area contributed by atoms with Crippen LogP contribution in [0.3, 0.4) is 0 Å². The Balaban J connectivity index is 2.56. The zero-order valence-electron chi connectivity index (χ0n) is 21.9. The number of benzene rings is 2. The van der Waals surface area contributed by atoms with Crippen LogP contribution in [-0.4, -0.2) is 54.9 Å². The molecule has 0 aliphatic heterocycles. The number of nitro groups is 1. The van der Waals surface area contributed by atoms with Crippen molar-refractivity contribution in [1.29, 1.82) is 0 Å². The van der Waals surface area contributed by atoms with Crippen molar-refractivity contribution in [3.05, 3.63) is 67.7 Å². The van der Waals surface area contributed by atoms with Gasteiger partial charge in [0.25, 0.3) is 5.69 Å². The van der Waals surface area contributed by atoms with Gasteiger partial charge in [-0.05, 0) is 49.9 Å². The number of hydrogen-bond donors (Lipinski definition) is 1. The lowest BCUT2D eigenvalue weighted by Gasteiger charge is -2.33. The number of hydrogen-bond acceptors (Lipinski definition) is 6. The molecular weight excluding hydrogens is 555 g/mol. The van der Waals surface area contributed by atoms with Crippen LogP contribution in [-0.2, 0) is 26.2 Å². The molecule has 2 atom stereocenters. The molecule has 10 nitrogen and oxygen atoms in total. The van der Waals surface area contributed by atoms with Gasteiger partial charge in [0.1, 0.15) is 12.6 Å². The summed E-state index contributed by atoms with van der Waals surface area (Å²) in [7, 11) is -4.05. The third-order valence-corrected chi connectivity index (χ3v) is 7.81. The number of aryl methyl sites for hydroxylation is 1. The van der Waals surface area contributed by atoms with Gasteiger partial charge in [-0.2, -0.15) is 0 Å². The zero-order valence-corrected chi connectivity index (χ0v) is 24.2. The van der Waals surface area contributed by atoms with Gasteiger partial charge in [-0.1, -0.05) is 49.2 Å². The van der Waals surface area contributed by atoms with E-state index in [0.29, 0.717) is 22.6 Å². The number of amides is 2. The Kier molecular flexibility index (Phi) is 10.9. The van der Waals surface area contributed by atoms with E-state index in [2.05, 4.69) is 5.32 Å². The number of sulfonamides is 1. The van der Waals surface area contributed by atoms with Crippen LogP contribution >= 0.6 is 23.2 Å². The Morgan fingerprint density at radius 1 is 1.11 bits per heavy atom. The number of nitro benzene ring substituents is 1. The van der Waals surface area contributed by atoms with Gasteiger partial charge in [-0.15, -0.1) is 0 Å². The molecule has 2 aromatic carbocycles. The van der Waals surface area contributed by atoms with Crippen LogP contribution in [0.2, 0.25) is 10.0 Å². The lowest BCUT2D eigenvalue weighted by molar-refractivity contribution is -0.384. The van der Waals surface area contributed by atoms with Gasteiger partial charge in [-0.3, -0.25) is 24.0 Å². The number of non-ortho nitro benzene ring substituents is 1. The second-order valence-corrected chi connectivity index (χ2v) is 11.7. The first-order valence-electron chi connectivity index (χ1n) is 12.0. The third-order valence-electron chi connectivity index (χ3n) is 6.09. The van der Waals surface area contributed by atoms with Crippen molar-refractivity contribution in [2.45, 2.75) is 59.2 Å². The molecule has 0 unspecified atom stereocenters. The predicted molar refractivity (Wildman–Crippen MR) is 149 cm³/mol. The highest BCUT2D eigenvalue weighted by Crippen LogP contribution is 2.29. The van der Waals surface area contributed by atoms with Crippen LogP contribution in [0.1, 0.15) is 44.7 Å². The minimum absolute atomic E-state index is 0.00312. The second-order valence-electron chi connectivity index (χ2n) is 9.00. The number of rotatable bonds is 12. The van der Waals surface area contributed by atoms with Gasteiger partial charge in [0.15, 0.2) is 0 Å². The van der Waals surface area contributed by atoms with Crippen LogP contribution < -0.4 is 9.62 Å². The molecule has 0 fully saturated rings. The van der Waals surface area contributed by atoms with Crippen molar-refractivity contribution in [2.24, 2.45) is 0 Å². The van der Waals surface area contributed by atoms with Gasteiger partial charge >= 0.3 is 0 Å². The maximum atomic E-state index is 13.8. The van der Waals surface area contributed by atoms with Gasteiger partial charge in [0.2, 0.25) is 21.8 Å². The summed E-state index contributed by atoms with van der Waals surface area (Å²) in [4.78, 5) is 38.9. The summed E-state index contributed by atoms with van der Waals surface area (Å²) in [5.74, 6) is -1.07. The van der Waals surface area contributed by atoms with Crippen molar-refractivity contribution >= 4 is 56.4 Å². The topological polar surface area (TPSA) is 130 Å². The summed E-state index contributed by atoms with van der Waals surface area (Å²) in [6.45, 7) is 6.30. The smallest absolute Gasteiger partial charge is 0.271 e. The van der Waals surface area contributed by atoms with E-state index in [0.717, 1.165) is 16.6 Å².